The molecule has 1 N–H and O–H groups in total. The summed E-state index contributed by atoms with van der Waals surface area (Å²) in [6.45, 7) is 13.4. The first-order valence-corrected chi connectivity index (χ1v) is 16.6. The van der Waals surface area contributed by atoms with E-state index in [1.54, 1.807) is 6.07 Å². The van der Waals surface area contributed by atoms with Gasteiger partial charge in [0.15, 0.2) is 0 Å². The minimum absolute atomic E-state index is 0. The summed E-state index contributed by atoms with van der Waals surface area (Å²) in [6.07, 6.45) is 0. The van der Waals surface area contributed by atoms with E-state index in [0.29, 0.717) is 23.3 Å². The number of nitrogens with zero attached hydrogens (tertiary/aromatic N) is 3. The number of rotatable bonds is 7. The van der Waals surface area contributed by atoms with E-state index < -0.39 is 0 Å². The molecule has 0 spiro atoms. The average Bonchev–Trinajstić information content (AvgIpc) is 3.48. The van der Waals surface area contributed by atoms with Crippen LogP contribution < -0.4 is 0 Å². The van der Waals surface area contributed by atoms with E-state index in [9.17, 15) is 5.11 Å². The smallest absolute Gasteiger partial charge is 0.124 e. The monoisotopic (exact) mass is 809 g/mol. The fourth-order valence-electron chi connectivity index (χ4n) is 6.39. The molecule has 0 aliphatic carbocycles. The first-order chi connectivity index (χ1) is 22.7. The fourth-order valence-corrected chi connectivity index (χ4v) is 6.39. The van der Waals surface area contributed by atoms with Gasteiger partial charge in [-0.25, -0.2) is 4.98 Å². The molecule has 0 fully saturated rings. The van der Waals surface area contributed by atoms with E-state index in [1.165, 1.54) is 16.7 Å². The first kappa shape index (κ1) is 33.4. The summed E-state index contributed by atoms with van der Waals surface area (Å²) < 4.78 is 2.28. The summed E-state index contributed by atoms with van der Waals surface area (Å²) in [4.78, 5) is 10.6. The van der Waals surface area contributed by atoms with Gasteiger partial charge in [-0.1, -0.05) is 90.1 Å². The van der Waals surface area contributed by atoms with Crippen LogP contribution in [0.25, 0.3) is 61.4 Å². The molecule has 244 valence electrons. The van der Waals surface area contributed by atoms with Crippen molar-refractivity contribution in [1.82, 2.24) is 14.5 Å². The summed E-state index contributed by atoms with van der Waals surface area (Å²) in [5, 5.41) is 13.0. The van der Waals surface area contributed by atoms with Crippen molar-refractivity contribution in [2.45, 2.75) is 59.3 Å². The number of imidazole rings is 1. The molecule has 7 rings (SSSR count). The Morgan fingerprint density at radius 3 is 2.00 bits per heavy atom. The Bertz CT molecular complexity index is 2220. The number of fused-ring (bicyclic) bond motifs is 2. The predicted molar refractivity (Wildman–Crippen MR) is 195 cm³/mol. The molecule has 0 amide bonds. The van der Waals surface area contributed by atoms with Gasteiger partial charge in [0.05, 0.1) is 28.2 Å². The third kappa shape index (κ3) is 6.11. The Kier molecular flexibility index (Phi) is 9.41. The van der Waals surface area contributed by atoms with E-state index >= 15 is 0 Å². The van der Waals surface area contributed by atoms with Gasteiger partial charge < -0.3 is 9.67 Å². The molecule has 0 saturated carbocycles. The Morgan fingerprint density at radius 1 is 0.646 bits per heavy atom. The predicted octanol–water partition coefficient (Wildman–Crippen LogP) is 11.4. The summed E-state index contributed by atoms with van der Waals surface area (Å²) in [7, 11) is 0. The summed E-state index contributed by atoms with van der Waals surface area (Å²) in [6, 6.07) is 40.9. The van der Waals surface area contributed by atoms with Crippen molar-refractivity contribution >= 4 is 21.8 Å². The van der Waals surface area contributed by atoms with E-state index in [2.05, 4.69) is 119 Å². The minimum Gasteiger partial charge on any atom is -0.507 e. The molecule has 0 atom stereocenters. The zero-order valence-electron chi connectivity index (χ0n) is 28.2. The van der Waals surface area contributed by atoms with Gasteiger partial charge in [0, 0.05) is 43.3 Å². The van der Waals surface area contributed by atoms with Crippen molar-refractivity contribution < 1.29 is 26.2 Å². The number of benzene rings is 5. The number of phenolic OH excluding ortho intramolecular Hbond substituents is 1. The second kappa shape index (κ2) is 13.5. The summed E-state index contributed by atoms with van der Waals surface area (Å²) in [5.74, 6) is 2.20. The number of phenols is 1. The van der Waals surface area contributed by atoms with Gasteiger partial charge in [-0.05, 0) is 76.2 Å². The molecule has 7 aromatic rings. The van der Waals surface area contributed by atoms with Crippen LogP contribution in [0.3, 0.4) is 0 Å². The van der Waals surface area contributed by atoms with Crippen molar-refractivity contribution in [2.24, 2.45) is 0 Å². The Labute approximate surface area is 297 Å². The Hall–Kier alpha value is -4.53. The third-order valence-corrected chi connectivity index (χ3v) is 9.15. The van der Waals surface area contributed by atoms with Crippen molar-refractivity contribution in [3.8, 4) is 45.3 Å². The number of pyridine rings is 1. The van der Waals surface area contributed by atoms with Crippen LogP contribution in [0.2, 0.25) is 0 Å². The van der Waals surface area contributed by atoms with E-state index in [1.807, 2.05) is 36.4 Å². The standard InChI is InChI=1S/C43H40N3O.Pt/c1-26(2)30-19-20-35-33(21-30)25-38(44-41(35)37-15-10-11-18-40(37)47)36-16-12-17-39-42(36)45-43(29-13-8-7-9-14-29)46(39)34-23-31(27(3)4)22-32(24-34)28(5)6;/h7-13,15-28,47H,1-6H3;/q-1;. The largest absolute Gasteiger partial charge is 0.507 e. The van der Waals surface area contributed by atoms with Crippen LogP contribution in [0.1, 0.15) is 76.0 Å². The van der Waals surface area contributed by atoms with Gasteiger partial charge in [-0.15, -0.1) is 35.9 Å². The van der Waals surface area contributed by atoms with E-state index in [0.717, 1.165) is 55.8 Å². The molecular weight excluding hydrogens is 770 g/mol. The zero-order chi connectivity index (χ0) is 32.8. The summed E-state index contributed by atoms with van der Waals surface area (Å²) in [5.41, 5.74) is 11.0. The molecule has 48 heavy (non-hydrogen) atoms. The molecule has 0 unspecified atom stereocenters. The van der Waals surface area contributed by atoms with E-state index in [-0.39, 0.29) is 26.8 Å². The summed E-state index contributed by atoms with van der Waals surface area (Å²) >= 11 is 0. The maximum Gasteiger partial charge on any atom is 0.124 e. The van der Waals surface area contributed by atoms with Gasteiger partial charge in [0.2, 0.25) is 0 Å². The maximum absolute atomic E-state index is 11.0. The maximum atomic E-state index is 11.0. The number of hydrogen-bond acceptors (Lipinski definition) is 3. The van der Waals surface area contributed by atoms with Gasteiger partial charge in [-0.2, -0.15) is 0 Å². The molecule has 0 radical (unpaired) electrons. The Morgan fingerprint density at radius 2 is 1.33 bits per heavy atom. The average molecular weight is 810 g/mol. The number of aromatic hydroxyl groups is 1. The van der Waals surface area contributed by atoms with Crippen molar-refractivity contribution in [2.75, 3.05) is 0 Å². The molecule has 5 aromatic carbocycles. The van der Waals surface area contributed by atoms with Gasteiger partial charge in [0.1, 0.15) is 5.75 Å². The number of aromatic nitrogens is 3. The van der Waals surface area contributed by atoms with E-state index in [4.69, 9.17) is 9.97 Å². The van der Waals surface area contributed by atoms with Crippen molar-refractivity contribution in [3.05, 3.63) is 132 Å². The molecule has 0 aliphatic heterocycles. The van der Waals surface area contributed by atoms with Crippen LogP contribution in [0.5, 0.6) is 5.75 Å². The normalized spacial score (nSPS) is 11.6. The topological polar surface area (TPSA) is 50.9 Å². The van der Waals surface area contributed by atoms with Crippen LogP contribution in [-0.4, -0.2) is 19.6 Å². The molecule has 0 aliphatic rings. The van der Waals surface area contributed by atoms with Crippen LogP contribution in [0, 0.1) is 6.07 Å². The molecule has 4 nitrogen and oxygen atoms in total. The van der Waals surface area contributed by atoms with Crippen LogP contribution in [0.15, 0.2) is 109 Å². The number of para-hydroxylation sites is 2. The van der Waals surface area contributed by atoms with Crippen LogP contribution >= 0.6 is 0 Å². The molecule has 0 bridgehead atoms. The minimum atomic E-state index is 0. The van der Waals surface area contributed by atoms with Crippen LogP contribution in [-0.2, 0) is 21.1 Å². The zero-order valence-corrected chi connectivity index (χ0v) is 30.5. The Balaban J connectivity index is 0.00000401. The van der Waals surface area contributed by atoms with Gasteiger partial charge in [0.25, 0.3) is 0 Å². The molecule has 2 aromatic heterocycles. The van der Waals surface area contributed by atoms with Gasteiger partial charge >= 0.3 is 0 Å². The fraction of sp³-hybridized carbons (Fsp3) is 0.209. The molecule has 5 heteroatoms. The molecular formula is C43H40N3OPt-. The second-order valence-corrected chi connectivity index (χ2v) is 13.4. The van der Waals surface area contributed by atoms with Gasteiger partial charge in [-0.3, -0.25) is 4.98 Å². The second-order valence-electron chi connectivity index (χ2n) is 13.4. The third-order valence-electron chi connectivity index (χ3n) is 9.15. The first-order valence-electron chi connectivity index (χ1n) is 16.6. The number of hydrogen-bond donors (Lipinski definition) is 1. The molecule has 0 saturated heterocycles. The molecule has 2 heterocycles. The van der Waals surface area contributed by atoms with Crippen molar-refractivity contribution in [3.63, 3.8) is 0 Å². The quantitative estimate of drug-likeness (QED) is 0.163. The SMILES string of the molecule is CC(C)c1cc(C(C)C)cc(-n2c(-c3[c-]cccc3)nc3c(-c4cc5cc(C(C)C)ccc5c(-c5ccccc5O)n4)cccc32)c1.[Pt]. The van der Waals surface area contributed by atoms with Crippen molar-refractivity contribution in [1.29, 1.82) is 0 Å². The van der Waals surface area contributed by atoms with Crippen LogP contribution in [0.4, 0.5) is 0 Å².